The van der Waals surface area contributed by atoms with Crippen molar-refractivity contribution in [1.29, 1.82) is 0 Å². The molecule has 1 aliphatic carbocycles. The number of hydrogen-bond donors (Lipinski definition) is 2. The first-order chi connectivity index (χ1) is 8.11. The molecule has 1 fully saturated rings. The number of ketones is 1. The molecule has 0 aromatic heterocycles. The zero-order chi connectivity index (χ0) is 14.1. The smallest absolute Gasteiger partial charge is 0.407 e. The molecule has 1 rings (SSSR count). The Hall–Kier alpha value is -1.10. The molecular formula is C13H23NO4. The summed E-state index contributed by atoms with van der Waals surface area (Å²) in [5.74, 6) is -0.243. The first kappa shape index (κ1) is 15.0. The second-order valence-corrected chi connectivity index (χ2v) is 6.18. The van der Waals surface area contributed by atoms with Gasteiger partial charge in [-0.15, -0.1) is 0 Å². The molecule has 0 aliphatic heterocycles. The number of carbonyl (C=O) groups excluding carboxylic acids is 2. The van der Waals surface area contributed by atoms with Gasteiger partial charge < -0.3 is 15.2 Å². The highest BCUT2D eigenvalue weighted by molar-refractivity contribution is 5.96. The van der Waals surface area contributed by atoms with Crippen LogP contribution < -0.4 is 5.32 Å². The molecule has 3 atom stereocenters. The summed E-state index contributed by atoms with van der Waals surface area (Å²) in [4.78, 5) is 22.7. The van der Waals surface area contributed by atoms with Gasteiger partial charge in [-0.2, -0.15) is 0 Å². The van der Waals surface area contributed by atoms with Crippen LogP contribution in [0.25, 0.3) is 0 Å². The highest BCUT2D eigenvalue weighted by Crippen LogP contribution is 2.31. The molecule has 104 valence electrons. The number of Topliss-reactive ketones (excluding diaryl/α,β-unsaturated/α-hetero) is 1. The predicted octanol–water partition coefficient (Wildman–Crippen LogP) is 1.49. The van der Waals surface area contributed by atoms with Gasteiger partial charge in [0.2, 0.25) is 0 Å². The molecule has 0 bridgehead atoms. The van der Waals surface area contributed by atoms with Crippen molar-refractivity contribution in [1.82, 2.24) is 5.32 Å². The van der Waals surface area contributed by atoms with Gasteiger partial charge >= 0.3 is 6.09 Å². The summed E-state index contributed by atoms with van der Waals surface area (Å²) in [6.07, 6.45) is -0.987. The fourth-order valence-electron chi connectivity index (χ4n) is 1.81. The lowest BCUT2D eigenvalue weighted by Gasteiger charge is -2.28. The van der Waals surface area contributed by atoms with Gasteiger partial charge in [-0.3, -0.25) is 4.79 Å². The van der Waals surface area contributed by atoms with E-state index in [-0.39, 0.29) is 17.6 Å². The van der Waals surface area contributed by atoms with E-state index in [9.17, 15) is 14.7 Å². The molecule has 0 aromatic carbocycles. The summed E-state index contributed by atoms with van der Waals surface area (Å²) in [6, 6.07) is -0.462. The predicted molar refractivity (Wildman–Crippen MR) is 67.1 cm³/mol. The van der Waals surface area contributed by atoms with Crippen LogP contribution in [0.5, 0.6) is 0 Å². The van der Waals surface area contributed by atoms with Crippen LogP contribution >= 0.6 is 0 Å². The molecule has 1 aliphatic rings. The molecule has 5 heteroatoms. The van der Waals surface area contributed by atoms with E-state index >= 15 is 0 Å². The van der Waals surface area contributed by atoms with Gasteiger partial charge in [0, 0.05) is 6.42 Å². The van der Waals surface area contributed by atoms with Crippen LogP contribution in [-0.2, 0) is 9.53 Å². The summed E-state index contributed by atoms with van der Waals surface area (Å²) >= 11 is 0. The minimum absolute atomic E-state index is 0.0286. The molecular weight excluding hydrogens is 234 g/mol. The second-order valence-electron chi connectivity index (χ2n) is 6.18. The second kappa shape index (κ2) is 5.26. The number of aliphatic hydroxyl groups is 1. The van der Waals surface area contributed by atoms with E-state index in [1.807, 2.05) is 13.8 Å². The van der Waals surface area contributed by atoms with E-state index in [1.165, 1.54) is 0 Å². The Morgan fingerprint density at radius 2 is 1.94 bits per heavy atom. The first-order valence-electron chi connectivity index (χ1n) is 6.32. The molecule has 0 aromatic rings. The summed E-state index contributed by atoms with van der Waals surface area (Å²) in [6.45, 7) is 9.10. The van der Waals surface area contributed by atoms with Crippen molar-refractivity contribution in [2.24, 2.45) is 11.8 Å². The largest absolute Gasteiger partial charge is 0.444 e. The Kier molecular flexibility index (Phi) is 4.37. The van der Waals surface area contributed by atoms with Crippen molar-refractivity contribution in [3.8, 4) is 0 Å². The highest BCUT2D eigenvalue weighted by Gasteiger charge is 2.45. The van der Waals surface area contributed by atoms with Crippen LogP contribution in [0.4, 0.5) is 4.79 Å². The van der Waals surface area contributed by atoms with Crippen LogP contribution in [0.1, 0.15) is 41.0 Å². The summed E-state index contributed by atoms with van der Waals surface area (Å²) < 4.78 is 5.15. The van der Waals surface area contributed by atoms with E-state index in [1.54, 1.807) is 20.8 Å². The number of carbonyl (C=O) groups is 2. The Morgan fingerprint density at radius 1 is 1.44 bits per heavy atom. The maximum Gasteiger partial charge on any atom is 0.407 e. The number of amides is 1. The zero-order valence-electron chi connectivity index (χ0n) is 11.7. The van der Waals surface area contributed by atoms with Gasteiger partial charge in [-0.05, 0) is 26.7 Å². The lowest BCUT2D eigenvalue weighted by molar-refractivity contribution is -0.112. The minimum atomic E-state index is -0.829. The third kappa shape index (κ3) is 4.29. The lowest BCUT2D eigenvalue weighted by atomic mass is 9.95. The van der Waals surface area contributed by atoms with Crippen LogP contribution in [-0.4, -0.2) is 34.7 Å². The van der Waals surface area contributed by atoms with E-state index in [4.69, 9.17) is 4.74 Å². The molecule has 18 heavy (non-hydrogen) atoms. The molecule has 5 nitrogen and oxygen atoms in total. The first-order valence-corrected chi connectivity index (χ1v) is 6.32. The van der Waals surface area contributed by atoms with Gasteiger partial charge in [0.05, 0.1) is 18.1 Å². The monoisotopic (exact) mass is 257 g/mol. The number of nitrogens with one attached hydrogen (secondary N) is 1. The number of hydrogen-bond acceptors (Lipinski definition) is 4. The maximum atomic E-state index is 11.7. The molecule has 0 heterocycles. The Morgan fingerprint density at radius 3 is 2.28 bits per heavy atom. The summed E-state index contributed by atoms with van der Waals surface area (Å²) in [5.41, 5.74) is -0.577. The lowest BCUT2D eigenvalue weighted by Crippen LogP contribution is -2.49. The third-order valence-corrected chi connectivity index (χ3v) is 2.86. The van der Waals surface area contributed by atoms with Crippen LogP contribution in [0, 0.1) is 11.8 Å². The fourth-order valence-corrected chi connectivity index (χ4v) is 1.81. The quantitative estimate of drug-likeness (QED) is 0.800. The topological polar surface area (TPSA) is 75.6 Å². The van der Waals surface area contributed by atoms with Crippen molar-refractivity contribution in [3.63, 3.8) is 0 Å². The SMILES string of the molecule is CC(C)[C@H](NC(=O)OC(C)(C)C)C(O)C1CC1=O. The van der Waals surface area contributed by atoms with Gasteiger partial charge in [-0.25, -0.2) is 4.79 Å². The van der Waals surface area contributed by atoms with Gasteiger partial charge in [0.1, 0.15) is 11.4 Å². The van der Waals surface area contributed by atoms with E-state index < -0.39 is 23.8 Å². The molecule has 2 N–H and O–H groups in total. The van der Waals surface area contributed by atoms with Gasteiger partial charge in [0.25, 0.3) is 0 Å². The van der Waals surface area contributed by atoms with Gasteiger partial charge in [-0.1, -0.05) is 13.8 Å². The highest BCUT2D eigenvalue weighted by atomic mass is 16.6. The number of ether oxygens (including phenoxy) is 1. The van der Waals surface area contributed by atoms with Crippen LogP contribution in [0.3, 0.4) is 0 Å². The molecule has 2 unspecified atom stereocenters. The zero-order valence-corrected chi connectivity index (χ0v) is 11.7. The molecule has 1 saturated carbocycles. The summed E-state index contributed by atoms with van der Waals surface area (Å²) in [7, 11) is 0. The van der Waals surface area contributed by atoms with Crippen LogP contribution in [0.15, 0.2) is 0 Å². The normalized spacial score (nSPS) is 22.6. The summed E-state index contributed by atoms with van der Waals surface area (Å²) in [5, 5.41) is 12.7. The minimum Gasteiger partial charge on any atom is -0.444 e. The van der Waals surface area contributed by atoms with Crippen molar-refractivity contribution in [2.75, 3.05) is 0 Å². The number of alkyl carbamates (subject to hydrolysis) is 1. The number of rotatable bonds is 4. The van der Waals surface area contributed by atoms with Crippen LogP contribution in [0.2, 0.25) is 0 Å². The van der Waals surface area contributed by atoms with E-state index in [2.05, 4.69) is 5.32 Å². The van der Waals surface area contributed by atoms with Gasteiger partial charge in [0.15, 0.2) is 0 Å². The molecule has 0 saturated heterocycles. The molecule has 0 spiro atoms. The van der Waals surface area contributed by atoms with Crippen molar-refractivity contribution in [2.45, 2.75) is 58.8 Å². The van der Waals surface area contributed by atoms with E-state index in [0.717, 1.165) is 0 Å². The standard InChI is InChI=1S/C13H23NO4/c1-7(2)10(11(16)8-6-9(8)15)14-12(17)18-13(3,4)5/h7-8,10-11,16H,6H2,1-5H3,(H,14,17)/t8?,10-,11?/m0/s1. The Labute approximate surface area is 108 Å². The van der Waals surface area contributed by atoms with Crippen molar-refractivity contribution >= 4 is 11.9 Å². The molecule has 1 amide bonds. The average molecular weight is 257 g/mol. The molecule has 0 radical (unpaired) electrons. The third-order valence-electron chi connectivity index (χ3n) is 2.86. The Balaban J connectivity index is 2.58. The number of aliphatic hydroxyl groups excluding tert-OH is 1. The Bertz CT molecular complexity index is 332. The fraction of sp³-hybridized carbons (Fsp3) is 0.846. The van der Waals surface area contributed by atoms with E-state index in [0.29, 0.717) is 6.42 Å². The van der Waals surface area contributed by atoms with Crippen molar-refractivity contribution in [3.05, 3.63) is 0 Å². The maximum absolute atomic E-state index is 11.7. The average Bonchev–Trinajstić information content (AvgIpc) is 2.87. The van der Waals surface area contributed by atoms with Crippen molar-refractivity contribution < 1.29 is 19.4 Å².